The Morgan fingerprint density at radius 2 is 1.93 bits per heavy atom. The first-order valence-corrected chi connectivity index (χ1v) is 9.75. The molecule has 2 aromatic rings. The topological polar surface area (TPSA) is 91.7 Å². The summed E-state index contributed by atoms with van der Waals surface area (Å²) >= 11 is 1.06. The number of hydrogen-bond acceptors (Lipinski definition) is 6. The molecule has 0 saturated heterocycles. The number of carbonyl (C=O) groups is 2. The van der Waals surface area contributed by atoms with E-state index in [0.29, 0.717) is 40.7 Å². The Hall–Kier alpha value is -3.18. The fraction of sp³-hybridized carbons (Fsp3) is 0.286. The number of hydrogen-bond donors (Lipinski definition) is 1. The van der Waals surface area contributed by atoms with E-state index in [4.69, 9.17) is 14.7 Å². The molecule has 29 heavy (non-hydrogen) atoms. The molecule has 0 aliphatic carbocycles. The minimum atomic E-state index is -0.161. The molecule has 0 fully saturated rings. The zero-order valence-electron chi connectivity index (χ0n) is 16.6. The molecule has 2 rings (SSSR count). The normalized spacial score (nSPS) is 10.0. The second-order valence-corrected chi connectivity index (χ2v) is 7.23. The molecule has 2 aromatic carbocycles. The third kappa shape index (κ3) is 6.73. The van der Waals surface area contributed by atoms with E-state index >= 15 is 0 Å². The van der Waals surface area contributed by atoms with Crippen molar-refractivity contribution >= 4 is 28.6 Å². The van der Waals surface area contributed by atoms with Crippen molar-refractivity contribution in [3.05, 3.63) is 48.0 Å². The first-order valence-electron chi connectivity index (χ1n) is 8.93. The highest BCUT2D eigenvalue weighted by molar-refractivity contribution is 8.13. The number of para-hydroxylation sites is 1. The van der Waals surface area contributed by atoms with E-state index in [-0.39, 0.29) is 17.6 Å². The third-order valence-electron chi connectivity index (χ3n) is 3.82. The van der Waals surface area contributed by atoms with Crippen molar-refractivity contribution in [2.24, 2.45) is 0 Å². The van der Waals surface area contributed by atoms with Crippen LogP contribution in [0.4, 0.5) is 10.5 Å². The van der Waals surface area contributed by atoms with Crippen molar-refractivity contribution in [1.82, 2.24) is 4.90 Å². The molecular weight excluding hydrogens is 390 g/mol. The summed E-state index contributed by atoms with van der Waals surface area (Å²) in [6.07, 6.45) is 0.764. The van der Waals surface area contributed by atoms with E-state index in [9.17, 15) is 9.59 Å². The summed E-state index contributed by atoms with van der Waals surface area (Å²) in [5.41, 5.74) is 1.09. The quantitative estimate of drug-likeness (QED) is 0.517. The molecule has 0 radical (unpaired) electrons. The number of anilines is 1. The predicted octanol–water partition coefficient (Wildman–Crippen LogP) is 4.14. The van der Waals surface area contributed by atoms with Gasteiger partial charge < -0.3 is 19.7 Å². The van der Waals surface area contributed by atoms with E-state index in [0.717, 1.165) is 11.8 Å². The molecule has 0 heterocycles. The van der Waals surface area contributed by atoms with Gasteiger partial charge in [0.1, 0.15) is 0 Å². The van der Waals surface area contributed by atoms with Crippen LogP contribution in [0.25, 0.3) is 0 Å². The number of rotatable bonds is 8. The second kappa shape index (κ2) is 11.0. The van der Waals surface area contributed by atoms with Crippen molar-refractivity contribution in [3.8, 4) is 17.6 Å². The predicted molar refractivity (Wildman–Crippen MR) is 112 cm³/mol. The highest BCUT2D eigenvalue weighted by Gasteiger charge is 2.12. The summed E-state index contributed by atoms with van der Waals surface area (Å²) < 4.78 is 10.9. The zero-order valence-corrected chi connectivity index (χ0v) is 17.4. The van der Waals surface area contributed by atoms with Gasteiger partial charge in [0.2, 0.25) is 5.91 Å². The van der Waals surface area contributed by atoms with E-state index in [1.54, 1.807) is 50.5 Å². The maximum absolute atomic E-state index is 12.3. The number of ether oxygens (including phenoxy) is 2. The van der Waals surface area contributed by atoms with Gasteiger partial charge in [-0.2, -0.15) is 5.26 Å². The summed E-state index contributed by atoms with van der Waals surface area (Å²) in [6, 6.07) is 14.1. The Morgan fingerprint density at radius 3 is 2.62 bits per heavy atom. The minimum Gasteiger partial charge on any atom is -0.493 e. The number of thioether (sulfide) groups is 1. The monoisotopic (exact) mass is 413 g/mol. The van der Waals surface area contributed by atoms with Crippen LogP contribution in [0.1, 0.15) is 18.4 Å². The first kappa shape index (κ1) is 22.1. The van der Waals surface area contributed by atoms with Gasteiger partial charge in [-0.15, -0.1) is 0 Å². The number of methoxy groups -OCH3 is 1. The average Bonchev–Trinajstić information content (AvgIpc) is 2.72. The summed E-state index contributed by atoms with van der Waals surface area (Å²) in [4.78, 5) is 26.4. The summed E-state index contributed by atoms with van der Waals surface area (Å²) in [5, 5.41) is 11.7. The maximum atomic E-state index is 12.3. The van der Waals surface area contributed by atoms with E-state index in [1.165, 1.54) is 12.0 Å². The number of nitrogens with zero attached hydrogens (tertiary/aromatic N) is 2. The fourth-order valence-electron chi connectivity index (χ4n) is 2.33. The van der Waals surface area contributed by atoms with Gasteiger partial charge in [0, 0.05) is 31.5 Å². The number of benzene rings is 2. The lowest BCUT2D eigenvalue weighted by Crippen LogP contribution is -2.17. The van der Waals surface area contributed by atoms with Gasteiger partial charge in [-0.05, 0) is 42.4 Å². The lowest BCUT2D eigenvalue weighted by atomic mass is 10.2. The largest absolute Gasteiger partial charge is 0.493 e. The van der Waals surface area contributed by atoms with Crippen LogP contribution in [0.2, 0.25) is 0 Å². The smallest absolute Gasteiger partial charge is 0.286 e. The van der Waals surface area contributed by atoms with Gasteiger partial charge in [0.05, 0.1) is 31.0 Å². The number of nitrogens with one attached hydrogen (secondary N) is 1. The lowest BCUT2D eigenvalue weighted by Gasteiger charge is -2.13. The molecule has 0 aliphatic rings. The molecule has 0 aromatic heterocycles. The lowest BCUT2D eigenvalue weighted by molar-refractivity contribution is -0.116. The molecule has 2 amide bonds. The number of carbonyl (C=O) groups excluding carboxylic acids is 2. The van der Waals surface area contributed by atoms with Crippen LogP contribution in [0, 0.1) is 11.3 Å². The van der Waals surface area contributed by atoms with Crippen LogP contribution >= 0.6 is 11.8 Å². The molecule has 0 spiro atoms. The van der Waals surface area contributed by atoms with Crippen molar-refractivity contribution in [2.45, 2.75) is 17.7 Å². The van der Waals surface area contributed by atoms with E-state index < -0.39 is 0 Å². The Morgan fingerprint density at radius 1 is 1.17 bits per heavy atom. The molecule has 152 valence electrons. The molecule has 0 saturated carbocycles. The van der Waals surface area contributed by atoms with Crippen LogP contribution < -0.4 is 14.8 Å². The van der Waals surface area contributed by atoms with Gasteiger partial charge >= 0.3 is 0 Å². The van der Waals surface area contributed by atoms with Crippen LogP contribution in [-0.4, -0.2) is 43.9 Å². The molecule has 0 unspecified atom stereocenters. The Labute approximate surface area is 174 Å². The Kier molecular flexibility index (Phi) is 8.37. The van der Waals surface area contributed by atoms with Crippen LogP contribution in [-0.2, 0) is 4.79 Å². The third-order valence-corrected chi connectivity index (χ3v) is 4.94. The Bertz CT molecular complexity index is 909. The standard InChI is InChI=1S/C21H23N3O4S/c1-24(2)21(26)29-19-8-5-4-7-16(19)23-20(25)9-6-12-28-17-11-10-15(14-22)13-18(17)27-3/h4-5,7-8,10-11,13H,6,9,12H2,1-3H3,(H,23,25). The van der Waals surface area contributed by atoms with Crippen molar-refractivity contribution in [3.63, 3.8) is 0 Å². The van der Waals surface area contributed by atoms with E-state index in [1.807, 2.05) is 12.1 Å². The highest BCUT2D eigenvalue weighted by Crippen LogP contribution is 2.29. The van der Waals surface area contributed by atoms with Crippen LogP contribution in [0.3, 0.4) is 0 Å². The molecular formula is C21H23N3O4S. The van der Waals surface area contributed by atoms with Gasteiger partial charge in [-0.1, -0.05) is 12.1 Å². The first-order chi connectivity index (χ1) is 13.9. The van der Waals surface area contributed by atoms with Crippen molar-refractivity contribution < 1.29 is 19.1 Å². The maximum Gasteiger partial charge on any atom is 0.286 e. The van der Waals surface area contributed by atoms with Crippen molar-refractivity contribution in [2.75, 3.05) is 33.1 Å². The summed E-state index contributed by atoms with van der Waals surface area (Å²) in [6.45, 7) is 0.325. The van der Waals surface area contributed by atoms with Gasteiger partial charge in [0.15, 0.2) is 11.5 Å². The van der Waals surface area contributed by atoms with Crippen molar-refractivity contribution in [1.29, 1.82) is 5.26 Å². The van der Waals surface area contributed by atoms with Crippen LogP contribution in [0.15, 0.2) is 47.4 Å². The Balaban J connectivity index is 1.86. The summed E-state index contributed by atoms with van der Waals surface area (Å²) in [7, 11) is 4.87. The van der Waals surface area contributed by atoms with Gasteiger partial charge in [-0.3, -0.25) is 9.59 Å². The zero-order chi connectivity index (χ0) is 21.2. The molecule has 0 atom stereocenters. The molecule has 0 aliphatic heterocycles. The molecule has 0 bridgehead atoms. The number of amides is 2. The second-order valence-electron chi connectivity index (χ2n) is 6.24. The van der Waals surface area contributed by atoms with Gasteiger partial charge in [-0.25, -0.2) is 0 Å². The average molecular weight is 413 g/mol. The van der Waals surface area contributed by atoms with Crippen LogP contribution in [0.5, 0.6) is 11.5 Å². The fourth-order valence-corrected chi connectivity index (χ4v) is 3.07. The summed E-state index contributed by atoms with van der Waals surface area (Å²) in [5.74, 6) is 0.839. The molecule has 8 heteroatoms. The minimum absolute atomic E-state index is 0.114. The van der Waals surface area contributed by atoms with Gasteiger partial charge in [0.25, 0.3) is 5.24 Å². The van der Waals surface area contributed by atoms with E-state index in [2.05, 4.69) is 5.32 Å². The SMILES string of the molecule is COc1cc(C#N)ccc1OCCCC(=O)Nc1ccccc1SC(=O)N(C)C. The molecule has 7 nitrogen and oxygen atoms in total. The number of nitriles is 1. The highest BCUT2D eigenvalue weighted by atomic mass is 32.2. The molecule has 1 N–H and O–H groups in total.